The number of aliphatic hydroxyl groups is 1. The summed E-state index contributed by atoms with van der Waals surface area (Å²) in [6.07, 6.45) is 4.14. The minimum absolute atomic E-state index is 0.243. The van der Waals surface area contributed by atoms with Crippen molar-refractivity contribution in [1.29, 1.82) is 0 Å². The van der Waals surface area contributed by atoms with Gasteiger partial charge in [0.15, 0.2) is 9.84 Å². The Kier molecular flexibility index (Phi) is 5.93. The molecular weight excluding hydrogens is 342 g/mol. The average molecular weight is 369 g/mol. The predicted octanol–water partition coefficient (Wildman–Crippen LogP) is 0.395. The number of anilines is 1. The number of sulfone groups is 1. The van der Waals surface area contributed by atoms with Gasteiger partial charge < -0.3 is 14.7 Å². The van der Waals surface area contributed by atoms with Crippen molar-refractivity contribution in [3.05, 3.63) is 18.3 Å². The molecule has 0 aliphatic carbocycles. The SMILES string of the molecule is CS(=O)(=O)c1ccc(N2CCC(C(O)CN3CCOCC3)CC2)nc1. The highest BCUT2D eigenvalue weighted by atomic mass is 32.2. The molecule has 25 heavy (non-hydrogen) atoms. The third-order valence-corrected chi connectivity index (χ3v) is 6.20. The van der Waals surface area contributed by atoms with Gasteiger partial charge in [0.2, 0.25) is 0 Å². The van der Waals surface area contributed by atoms with Gasteiger partial charge in [0.25, 0.3) is 0 Å². The van der Waals surface area contributed by atoms with Gasteiger partial charge >= 0.3 is 0 Å². The van der Waals surface area contributed by atoms with Gasteiger partial charge in [-0.25, -0.2) is 13.4 Å². The number of morpholine rings is 1. The number of rotatable bonds is 5. The molecule has 0 spiro atoms. The van der Waals surface area contributed by atoms with Crippen LogP contribution in [0.4, 0.5) is 5.82 Å². The lowest BCUT2D eigenvalue weighted by atomic mass is 9.91. The van der Waals surface area contributed by atoms with Gasteiger partial charge in [-0.3, -0.25) is 4.90 Å². The lowest BCUT2D eigenvalue weighted by Crippen LogP contribution is -2.45. The topological polar surface area (TPSA) is 83.0 Å². The van der Waals surface area contributed by atoms with E-state index in [0.717, 1.165) is 64.6 Å². The molecule has 1 aromatic heterocycles. The number of hydrogen-bond donors (Lipinski definition) is 1. The summed E-state index contributed by atoms with van der Waals surface area (Å²) in [4.78, 5) is 8.96. The highest BCUT2D eigenvalue weighted by Crippen LogP contribution is 2.25. The maximum absolute atomic E-state index is 11.5. The predicted molar refractivity (Wildman–Crippen MR) is 95.5 cm³/mol. The van der Waals surface area contributed by atoms with E-state index in [-0.39, 0.29) is 11.0 Å². The second-order valence-corrected chi connectivity index (χ2v) is 8.94. The molecule has 8 heteroatoms. The maximum atomic E-state index is 11.5. The Bertz CT molecular complexity index is 651. The van der Waals surface area contributed by atoms with Crippen molar-refractivity contribution in [2.45, 2.75) is 23.8 Å². The molecule has 0 aromatic carbocycles. The van der Waals surface area contributed by atoms with E-state index in [9.17, 15) is 13.5 Å². The molecule has 0 radical (unpaired) electrons. The van der Waals surface area contributed by atoms with E-state index in [1.54, 1.807) is 12.1 Å². The maximum Gasteiger partial charge on any atom is 0.177 e. The van der Waals surface area contributed by atoms with E-state index >= 15 is 0 Å². The molecule has 140 valence electrons. The summed E-state index contributed by atoms with van der Waals surface area (Å²) in [7, 11) is -3.21. The zero-order valence-electron chi connectivity index (χ0n) is 14.7. The Morgan fingerprint density at radius 3 is 2.48 bits per heavy atom. The van der Waals surface area contributed by atoms with Gasteiger partial charge in [0.1, 0.15) is 5.82 Å². The van der Waals surface area contributed by atoms with Crippen molar-refractivity contribution < 1.29 is 18.3 Å². The van der Waals surface area contributed by atoms with E-state index in [1.165, 1.54) is 12.5 Å². The molecule has 2 fully saturated rings. The zero-order chi connectivity index (χ0) is 17.9. The van der Waals surface area contributed by atoms with Crippen molar-refractivity contribution in [1.82, 2.24) is 9.88 Å². The molecule has 2 aliphatic heterocycles. The van der Waals surface area contributed by atoms with Crippen LogP contribution in [-0.4, -0.2) is 81.7 Å². The summed E-state index contributed by atoms with van der Waals surface area (Å²) in [5.74, 6) is 1.10. The molecule has 2 saturated heterocycles. The van der Waals surface area contributed by atoms with Crippen LogP contribution in [0.2, 0.25) is 0 Å². The van der Waals surface area contributed by atoms with Crippen LogP contribution in [0.3, 0.4) is 0 Å². The van der Waals surface area contributed by atoms with E-state index in [1.807, 2.05) is 0 Å². The van der Waals surface area contributed by atoms with Crippen LogP contribution in [0.5, 0.6) is 0 Å². The minimum Gasteiger partial charge on any atom is -0.392 e. The number of nitrogens with zero attached hydrogens (tertiary/aromatic N) is 3. The lowest BCUT2D eigenvalue weighted by Gasteiger charge is -2.37. The first-order valence-corrected chi connectivity index (χ1v) is 10.7. The van der Waals surface area contributed by atoms with Gasteiger partial charge in [0, 0.05) is 45.2 Å². The fourth-order valence-electron chi connectivity index (χ4n) is 3.49. The van der Waals surface area contributed by atoms with Crippen LogP contribution in [0, 0.1) is 5.92 Å². The van der Waals surface area contributed by atoms with Crippen LogP contribution in [0.25, 0.3) is 0 Å². The quantitative estimate of drug-likeness (QED) is 0.804. The van der Waals surface area contributed by atoms with E-state index in [4.69, 9.17) is 4.74 Å². The number of ether oxygens (including phenoxy) is 1. The normalized spacial score (nSPS) is 22.1. The monoisotopic (exact) mass is 369 g/mol. The number of aromatic nitrogens is 1. The highest BCUT2D eigenvalue weighted by Gasteiger charge is 2.27. The molecule has 1 aromatic rings. The lowest BCUT2D eigenvalue weighted by molar-refractivity contribution is -0.00254. The van der Waals surface area contributed by atoms with Crippen LogP contribution >= 0.6 is 0 Å². The zero-order valence-corrected chi connectivity index (χ0v) is 15.5. The van der Waals surface area contributed by atoms with Crippen molar-refractivity contribution >= 4 is 15.7 Å². The molecule has 0 amide bonds. The van der Waals surface area contributed by atoms with Crippen LogP contribution in [0.15, 0.2) is 23.2 Å². The second-order valence-electron chi connectivity index (χ2n) is 6.93. The summed E-state index contributed by atoms with van der Waals surface area (Å²) in [5, 5.41) is 10.5. The number of hydrogen-bond acceptors (Lipinski definition) is 7. The summed E-state index contributed by atoms with van der Waals surface area (Å²) >= 11 is 0. The molecule has 0 saturated carbocycles. The molecule has 1 atom stereocenters. The Morgan fingerprint density at radius 1 is 1.24 bits per heavy atom. The van der Waals surface area contributed by atoms with Crippen molar-refractivity contribution in [2.24, 2.45) is 5.92 Å². The largest absolute Gasteiger partial charge is 0.392 e. The smallest absolute Gasteiger partial charge is 0.177 e. The van der Waals surface area contributed by atoms with Crippen LogP contribution < -0.4 is 4.90 Å². The molecular formula is C17H27N3O4S. The van der Waals surface area contributed by atoms with E-state index < -0.39 is 9.84 Å². The van der Waals surface area contributed by atoms with Gasteiger partial charge in [-0.1, -0.05) is 0 Å². The standard InChI is InChI=1S/C17H27N3O4S/c1-25(22,23)15-2-3-17(18-12-15)20-6-4-14(5-7-20)16(21)13-19-8-10-24-11-9-19/h2-3,12,14,16,21H,4-11,13H2,1H3. The van der Waals surface area contributed by atoms with Crippen molar-refractivity contribution in [3.63, 3.8) is 0 Å². The molecule has 2 aliphatic rings. The van der Waals surface area contributed by atoms with Gasteiger partial charge in [-0.05, 0) is 30.9 Å². The Hall–Kier alpha value is -1.22. The molecule has 3 rings (SSSR count). The fourth-order valence-corrected chi connectivity index (χ4v) is 4.05. The van der Waals surface area contributed by atoms with Crippen molar-refractivity contribution in [2.75, 3.05) is 57.1 Å². The summed E-state index contributed by atoms with van der Waals surface area (Å²) in [6, 6.07) is 3.37. The first-order valence-electron chi connectivity index (χ1n) is 8.83. The van der Waals surface area contributed by atoms with Crippen LogP contribution in [-0.2, 0) is 14.6 Å². The molecule has 3 heterocycles. The third-order valence-electron chi connectivity index (χ3n) is 5.11. The number of β-amino-alcohol motifs (C(OH)–C–C–N with tert-alkyl or cyclic N) is 1. The fraction of sp³-hybridized carbons (Fsp3) is 0.706. The molecule has 0 bridgehead atoms. The summed E-state index contributed by atoms with van der Waals surface area (Å²) in [6.45, 7) is 5.67. The first kappa shape index (κ1) is 18.6. The van der Waals surface area contributed by atoms with Crippen LogP contribution in [0.1, 0.15) is 12.8 Å². The Labute approximate surface area is 149 Å². The molecule has 1 unspecified atom stereocenters. The summed E-state index contributed by atoms with van der Waals surface area (Å²) < 4.78 is 28.4. The second kappa shape index (κ2) is 7.99. The van der Waals surface area contributed by atoms with E-state index in [0.29, 0.717) is 5.92 Å². The van der Waals surface area contributed by atoms with Gasteiger partial charge in [-0.2, -0.15) is 0 Å². The number of aliphatic hydroxyl groups excluding tert-OH is 1. The van der Waals surface area contributed by atoms with Gasteiger partial charge in [-0.15, -0.1) is 0 Å². The molecule has 1 N–H and O–H groups in total. The minimum atomic E-state index is -3.21. The Balaban J connectivity index is 1.51. The van der Waals surface area contributed by atoms with E-state index in [2.05, 4.69) is 14.8 Å². The first-order chi connectivity index (χ1) is 11.9. The van der Waals surface area contributed by atoms with Crippen molar-refractivity contribution in [3.8, 4) is 0 Å². The third kappa shape index (κ3) is 4.91. The summed E-state index contributed by atoms with van der Waals surface area (Å²) in [5.41, 5.74) is 0. The Morgan fingerprint density at radius 2 is 1.92 bits per heavy atom. The number of piperidine rings is 1. The highest BCUT2D eigenvalue weighted by molar-refractivity contribution is 7.90. The average Bonchev–Trinajstić information content (AvgIpc) is 2.62. The molecule has 7 nitrogen and oxygen atoms in total. The van der Waals surface area contributed by atoms with Gasteiger partial charge in [0.05, 0.1) is 24.2 Å². The number of pyridine rings is 1.